The first-order valence-electron chi connectivity index (χ1n) is 6.72. The van der Waals surface area contributed by atoms with Gasteiger partial charge in [-0.3, -0.25) is 4.90 Å². The molecule has 1 aliphatic carbocycles. The van der Waals surface area contributed by atoms with Gasteiger partial charge in [-0.15, -0.1) is 0 Å². The monoisotopic (exact) mass is 242 g/mol. The van der Waals surface area contributed by atoms with E-state index in [9.17, 15) is 0 Å². The van der Waals surface area contributed by atoms with E-state index >= 15 is 0 Å². The van der Waals surface area contributed by atoms with Gasteiger partial charge in [0, 0.05) is 6.67 Å². The van der Waals surface area contributed by atoms with Crippen LogP contribution in [-0.2, 0) is 0 Å². The van der Waals surface area contributed by atoms with Crippen molar-refractivity contribution in [2.45, 2.75) is 25.8 Å². The molecule has 0 aromatic heterocycles. The molecule has 0 saturated carbocycles. The van der Waals surface area contributed by atoms with Crippen LogP contribution in [0, 0.1) is 0 Å². The standard InChI is InChI=1S/C16H22N2/c1-2-18(13-17)16(14-9-5-3-6-10-14)15-11-7-4-8-12-15/h3,5-7,9-12,16H,2,4,8,13,17H2,1H3. The van der Waals surface area contributed by atoms with Gasteiger partial charge in [0.25, 0.3) is 0 Å². The SMILES string of the molecule is CCN(CN)C(C1=CCCC=C1)c1ccccc1. The third-order valence-electron chi connectivity index (χ3n) is 3.46. The molecule has 2 rings (SSSR count). The third kappa shape index (κ3) is 2.89. The first kappa shape index (κ1) is 13.1. The van der Waals surface area contributed by atoms with E-state index in [0.717, 1.165) is 19.4 Å². The Morgan fingerprint density at radius 2 is 2.00 bits per heavy atom. The van der Waals surface area contributed by atoms with Gasteiger partial charge < -0.3 is 5.73 Å². The maximum Gasteiger partial charge on any atom is 0.0609 e. The number of hydrogen-bond acceptors (Lipinski definition) is 2. The van der Waals surface area contributed by atoms with Crippen molar-refractivity contribution in [2.75, 3.05) is 13.2 Å². The smallest absolute Gasteiger partial charge is 0.0609 e. The van der Waals surface area contributed by atoms with Crippen LogP contribution in [0.25, 0.3) is 0 Å². The summed E-state index contributed by atoms with van der Waals surface area (Å²) >= 11 is 0. The lowest BCUT2D eigenvalue weighted by molar-refractivity contribution is 0.243. The van der Waals surface area contributed by atoms with Gasteiger partial charge in [0.1, 0.15) is 0 Å². The summed E-state index contributed by atoms with van der Waals surface area (Å²) < 4.78 is 0. The van der Waals surface area contributed by atoms with Crippen LogP contribution < -0.4 is 5.73 Å². The Bertz CT molecular complexity index is 416. The first-order chi connectivity index (χ1) is 8.86. The van der Waals surface area contributed by atoms with Gasteiger partial charge in [-0.1, -0.05) is 55.5 Å². The van der Waals surface area contributed by atoms with E-state index in [1.54, 1.807) is 0 Å². The van der Waals surface area contributed by atoms with Gasteiger partial charge in [0.15, 0.2) is 0 Å². The molecule has 0 saturated heterocycles. The van der Waals surface area contributed by atoms with Crippen molar-refractivity contribution in [3.63, 3.8) is 0 Å². The molecule has 0 heterocycles. The molecule has 1 aromatic carbocycles. The summed E-state index contributed by atoms with van der Waals surface area (Å²) in [6.45, 7) is 3.71. The molecule has 0 fully saturated rings. The molecule has 0 bridgehead atoms. The summed E-state index contributed by atoms with van der Waals surface area (Å²) in [7, 11) is 0. The Morgan fingerprint density at radius 3 is 2.56 bits per heavy atom. The Labute approximate surface area is 110 Å². The number of nitrogens with two attached hydrogens (primary N) is 1. The van der Waals surface area contributed by atoms with E-state index in [1.165, 1.54) is 11.1 Å². The quantitative estimate of drug-likeness (QED) is 0.803. The molecule has 2 nitrogen and oxygen atoms in total. The highest BCUT2D eigenvalue weighted by Crippen LogP contribution is 2.30. The number of nitrogens with zero attached hydrogens (tertiary/aromatic N) is 1. The van der Waals surface area contributed by atoms with Crippen LogP contribution in [0.4, 0.5) is 0 Å². The van der Waals surface area contributed by atoms with Gasteiger partial charge in [0.05, 0.1) is 6.04 Å². The van der Waals surface area contributed by atoms with Crippen LogP contribution in [0.2, 0.25) is 0 Å². The van der Waals surface area contributed by atoms with E-state index in [0.29, 0.717) is 6.67 Å². The van der Waals surface area contributed by atoms with E-state index in [4.69, 9.17) is 5.73 Å². The molecule has 2 N–H and O–H groups in total. The zero-order valence-electron chi connectivity index (χ0n) is 11.0. The second kappa shape index (κ2) is 6.53. The predicted molar refractivity (Wildman–Crippen MR) is 77.1 cm³/mol. The Hall–Kier alpha value is -1.38. The summed E-state index contributed by atoms with van der Waals surface area (Å²) in [5, 5.41) is 0. The highest BCUT2D eigenvalue weighted by atomic mass is 15.2. The predicted octanol–water partition coefficient (Wildman–Crippen LogP) is 3.24. The number of rotatable bonds is 5. The fourth-order valence-electron chi connectivity index (χ4n) is 2.50. The van der Waals surface area contributed by atoms with E-state index in [1.807, 2.05) is 0 Å². The van der Waals surface area contributed by atoms with Crippen molar-refractivity contribution in [2.24, 2.45) is 5.73 Å². The van der Waals surface area contributed by atoms with Crippen LogP contribution in [-0.4, -0.2) is 18.1 Å². The summed E-state index contributed by atoms with van der Waals surface area (Å²) in [4.78, 5) is 2.30. The Balaban J connectivity index is 2.34. The van der Waals surface area contributed by atoms with Gasteiger partial charge in [-0.05, 0) is 30.5 Å². The van der Waals surface area contributed by atoms with Crippen molar-refractivity contribution >= 4 is 0 Å². The summed E-state index contributed by atoms with van der Waals surface area (Å²) in [5.41, 5.74) is 8.60. The summed E-state index contributed by atoms with van der Waals surface area (Å²) in [6.07, 6.45) is 9.14. The number of likely N-dealkylation sites (N-methyl/N-ethyl adjacent to an activating group) is 1. The maximum atomic E-state index is 5.90. The van der Waals surface area contributed by atoms with Crippen molar-refractivity contribution in [3.8, 4) is 0 Å². The summed E-state index contributed by atoms with van der Waals surface area (Å²) in [5.74, 6) is 0. The molecule has 96 valence electrons. The number of allylic oxidation sites excluding steroid dienone is 2. The van der Waals surface area contributed by atoms with Crippen LogP contribution in [0.15, 0.2) is 54.1 Å². The fraction of sp³-hybridized carbons (Fsp3) is 0.375. The zero-order valence-corrected chi connectivity index (χ0v) is 11.0. The molecule has 0 aliphatic heterocycles. The minimum atomic E-state index is 0.290. The van der Waals surface area contributed by atoms with Crippen LogP contribution in [0.5, 0.6) is 0 Å². The Kier molecular flexibility index (Phi) is 4.73. The first-order valence-corrected chi connectivity index (χ1v) is 6.72. The normalized spacial score (nSPS) is 16.7. The van der Waals surface area contributed by atoms with Crippen LogP contribution in [0.1, 0.15) is 31.4 Å². The molecule has 1 aliphatic rings. The topological polar surface area (TPSA) is 29.3 Å². The molecule has 2 heteroatoms. The lowest BCUT2D eigenvalue weighted by atomic mass is 9.93. The average Bonchev–Trinajstić information content (AvgIpc) is 2.46. The Morgan fingerprint density at radius 1 is 1.22 bits per heavy atom. The van der Waals surface area contributed by atoms with Gasteiger partial charge in [-0.2, -0.15) is 0 Å². The second-order valence-electron chi connectivity index (χ2n) is 4.58. The molecule has 0 spiro atoms. The maximum absolute atomic E-state index is 5.90. The molecule has 1 unspecified atom stereocenters. The molecule has 1 aromatic rings. The van der Waals surface area contributed by atoms with Crippen molar-refractivity contribution in [1.29, 1.82) is 0 Å². The largest absolute Gasteiger partial charge is 0.318 e. The number of hydrogen-bond donors (Lipinski definition) is 1. The lowest BCUT2D eigenvalue weighted by Gasteiger charge is -2.31. The molecular formula is C16H22N2. The zero-order chi connectivity index (χ0) is 12.8. The van der Waals surface area contributed by atoms with Crippen LogP contribution in [0.3, 0.4) is 0 Å². The molecular weight excluding hydrogens is 220 g/mol. The van der Waals surface area contributed by atoms with Crippen molar-refractivity contribution < 1.29 is 0 Å². The lowest BCUT2D eigenvalue weighted by Crippen LogP contribution is -2.34. The third-order valence-corrected chi connectivity index (χ3v) is 3.46. The average molecular weight is 242 g/mol. The second-order valence-corrected chi connectivity index (χ2v) is 4.58. The summed E-state index contributed by atoms with van der Waals surface area (Å²) in [6, 6.07) is 10.9. The van der Waals surface area contributed by atoms with Crippen molar-refractivity contribution in [3.05, 3.63) is 59.7 Å². The van der Waals surface area contributed by atoms with Gasteiger partial charge in [0.2, 0.25) is 0 Å². The van der Waals surface area contributed by atoms with Crippen LogP contribution >= 0.6 is 0 Å². The highest BCUT2D eigenvalue weighted by Gasteiger charge is 2.21. The van der Waals surface area contributed by atoms with E-state index < -0.39 is 0 Å². The van der Waals surface area contributed by atoms with Gasteiger partial charge in [-0.25, -0.2) is 0 Å². The molecule has 1 atom stereocenters. The highest BCUT2D eigenvalue weighted by molar-refractivity contribution is 5.35. The minimum Gasteiger partial charge on any atom is -0.318 e. The molecule has 0 amide bonds. The fourth-order valence-corrected chi connectivity index (χ4v) is 2.50. The van der Waals surface area contributed by atoms with Gasteiger partial charge >= 0.3 is 0 Å². The van der Waals surface area contributed by atoms with E-state index in [2.05, 4.69) is 60.4 Å². The van der Waals surface area contributed by atoms with E-state index in [-0.39, 0.29) is 6.04 Å². The molecule has 18 heavy (non-hydrogen) atoms. The molecule has 0 radical (unpaired) electrons. The van der Waals surface area contributed by atoms with Crippen molar-refractivity contribution in [1.82, 2.24) is 4.90 Å². The minimum absolute atomic E-state index is 0.290. The number of benzene rings is 1.